The minimum Gasteiger partial charge on any atom is -0.222 e. The van der Waals surface area contributed by atoms with Gasteiger partial charge in [-0.25, -0.2) is 93.2 Å². The van der Waals surface area contributed by atoms with Crippen LogP contribution in [0, 0.1) is 51.2 Å². The van der Waals surface area contributed by atoms with Crippen molar-refractivity contribution < 1.29 is 217 Å². The minimum absolute atomic E-state index is 0. The first-order chi connectivity index (χ1) is 10.0. The van der Waals surface area contributed by atoms with Gasteiger partial charge >= 0.3 is 72.4 Å². The van der Waals surface area contributed by atoms with Gasteiger partial charge in [-0.15, -0.1) is 51.2 Å². The van der Waals surface area contributed by atoms with Gasteiger partial charge in [-0.1, -0.05) is 0 Å². The summed E-state index contributed by atoms with van der Waals surface area (Å²) in [5.74, 6) is 0. The van der Waals surface area contributed by atoms with Gasteiger partial charge in [-0.05, 0) is 0 Å². The third kappa shape index (κ3) is 2380. The number of rotatable bonds is 0. The Hall–Kier alpha value is 2.97. The van der Waals surface area contributed by atoms with E-state index in [0.29, 0.717) is 0 Å². The van der Waals surface area contributed by atoms with Crippen LogP contribution in [0.4, 0.5) is 0 Å². The molecule has 0 aromatic carbocycles. The van der Waals surface area contributed by atoms with E-state index in [1.54, 1.807) is 0 Å². The van der Waals surface area contributed by atoms with E-state index in [2.05, 4.69) is 0 Å². The molecule has 0 atom stereocenters. The van der Waals surface area contributed by atoms with Crippen molar-refractivity contribution in [3.05, 3.63) is 0 Å². The van der Waals surface area contributed by atoms with Gasteiger partial charge in [-0.3, -0.25) is 0 Å². The third-order valence-corrected chi connectivity index (χ3v) is 0. The average molecular weight is 720 g/mol. The van der Waals surface area contributed by atoms with E-state index in [9.17, 15) is 0 Å². The van der Waals surface area contributed by atoms with Gasteiger partial charge in [0.05, 0.1) is 0 Å². The van der Waals surface area contributed by atoms with Gasteiger partial charge in [0.1, 0.15) is 0 Å². The number of hydrogen-bond donors (Lipinski definition) is 0. The Morgan fingerprint density at radius 1 is 0.222 bits per heavy atom. The summed E-state index contributed by atoms with van der Waals surface area (Å²) in [5, 5.41) is 0. The van der Waals surface area contributed by atoms with Crippen LogP contribution in [0.15, 0.2) is 0 Å². The first-order valence-corrected chi connectivity index (χ1v) is 9.26. The Balaban J connectivity index is -0.0000000364. The third-order valence-electron chi connectivity index (χ3n) is 0. The van der Waals surface area contributed by atoms with E-state index >= 15 is 0 Å². The van der Waals surface area contributed by atoms with E-state index in [1.165, 1.54) is 0 Å². The van der Waals surface area contributed by atoms with Crippen molar-refractivity contribution in [2.24, 2.45) is 0 Å². The summed E-state index contributed by atoms with van der Waals surface area (Å²) in [4.78, 5) is 0. The largest absolute Gasteiger partial charge is 4.00 e. The van der Waals surface area contributed by atoms with Crippen molar-refractivity contribution in [1.82, 2.24) is 0 Å². The molecule has 0 aliphatic carbocycles. The molecule has 162 valence electrons. The van der Waals surface area contributed by atoms with Crippen LogP contribution in [0.5, 0.6) is 0 Å². The van der Waals surface area contributed by atoms with Crippen LogP contribution in [-0.4, -0.2) is 0 Å². The van der Waals surface area contributed by atoms with E-state index in [0.717, 1.165) is 0 Å². The molecule has 0 aromatic heterocycles. The zero-order valence-corrected chi connectivity index (χ0v) is 21.3. The Kier molecular flexibility index (Phi) is 36.8. The minimum atomic E-state index is -4.94. The van der Waals surface area contributed by atoms with Crippen LogP contribution in [0.2, 0.25) is 0 Å². The van der Waals surface area contributed by atoms with E-state index in [-0.39, 0.29) is 72.4 Å². The normalized spacial score (nSPS) is 11.1. The maximum absolute atomic E-state index is 8.49. The zero-order chi connectivity index (χ0) is 22.5. The zero-order valence-electron chi connectivity index (χ0n) is 11.5. The summed E-state index contributed by atoms with van der Waals surface area (Å²) in [6, 6.07) is 0. The molecule has 0 radical (unpaired) electrons. The predicted molar refractivity (Wildman–Crippen MR) is 0 cm³/mol. The summed E-state index contributed by atoms with van der Waals surface area (Å²) in [6.07, 6.45) is 0. The first kappa shape index (κ1) is 47.7. The molecule has 0 aromatic rings. The van der Waals surface area contributed by atoms with Crippen LogP contribution in [-0.2, 0) is 21.1 Å². The van der Waals surface area contributed by atoms with Crippen molar-refractivity contribution in [3.63, 3.8) is 0 Å². The maximum atomic E-state index is 8.49. The SMILES string of the molecule is [K+].[O-][Cl+3]([O-])([O-])[O-].[O-][Cl+3]([O-])([O-])[O-].[O-][Cl+3]([O-])([O-])[O-].[O-][Cl+3]([O-])([O-])[O-].[O-][Cl+3]([O-])([O-])[O-].[W+4]. The second-order valence-corrected chi connectivity index (χ2v) is 5.67. The summed E-state index contributed by atoms with van der Waals surface area (Å²) >= 11 is 0. The Morgan fingerprint density at radius 2 is 0.222 bits per heavy atom. The smallest absolute Gasteiger partial charge is 0.222 e. The van der Waals surface area contributed by atoms with Gasteiger partial charge in [0.2, 0.25) is 0 Å². The maximum Gasteiger partial charge on any atom is 4.00 e. The molecule has 0 rings (SSSR count). The molecule has 20 nitrogen and oxygen atoms in total. The van der Waals surface area contributed by atoms with Crippen molar-refractivity contribution >= 4 is 0 Å². The van der Waals surface area contributed by atoms with E-state index in [4.69, 9.17) is 93.2 Å². The Labute approximate surface area is 214 Å². The van der Waals surface area contributed by atoms with Crippen molar-refractivity contribution in [2.45, 2.75) is 0 Å². The van der Waals surface area contributed by atoms with Crippen LogP contribution in [0.3, 0.4) is 0 Å². The molecule has 0 N–H and O–H groups in total. The second-order valence-electron chi connectivity index (χ2n) is 1.89. The van der Waals surface area contributed by atoms with Crippen molar-refractivity contribution in [2.75, 3.05) is 0 Å². The summed E-state index contributed by atoms with van der Waals surface area (Å²) in [6.45, 7) is 0. The van der Waals surface area contributed by atoms with Crippen molar-refractivity contribution in [1.29, 1.82) is 0 Å². The predicted octanol–water partition coefficient (Wildman–Crippen LogP) is -26.8. The van der Waals surface area contributed by atoms with Crippen LogP contribution < -0.4 is 145 Å². The van der Waals surface area contributed by atoms with Crippen LogP contribution in [0.1, 0.15) is 0 Å². The molecule has 0 saturated heterocycles. The topological polar surface area (TPSA) is 461 Å². The summed E-state index contributed by atoms with van der Waals surface area (Å²) in [7, 11) is -24.7. The molecular formula is Cl5KO20W. The fourth-order valence-corrected chi connectivity index (χ4v) is 0. The quantitative estimate of drug-likeness (QED) is 0.210. The molecule has 0 fully saturated rings. The molecule has 0 heterocycles. The van der Waals surface area contributed by atoms with Gasteiger partial charge < -0.3 is 0 Å². The standard InChI is InChI=1S/5ClHO4.K.W/c5*2-1(3,4)5;;/h5*(H,2,3,4,5);;/q;;;;;+1;+4/p-5. The van der Waals surface area contributed by atoms with Gasteiger partial charge in [0.25, 0.3) is 0 Å². The molecule has 0 aliphatic rings. The summed E-state index contributed by atoms with van der Waals surface area (Å²) in [5.41, 5.74) is 0. The van der Waals surface area contributed by atoms with Crippen LogP contribution in [0.25, 0.3) is 0 Å². The Bertz CT molecular complexity index is 178. The van der Waals surface area contributed by atoms with Gasteiger partial charge in [0, 0.05) is 0 Å². The fourth-order valence-electron chi connectivity index (χ4n) is 0. The average Bonchev–Trinajstić information content (AvgIpc) is 1.79. The molecule has 0 aliphatic heterocycles. The van der Waals surface area contributed by atoms with E-state index < -0.39 is 51.2 Å². The molecule has 0 unspecified atom stereocenters. The van der Waals surface area contributed by atoms with Gasteiger partial charge in [-0.2, -0.15) is 0 Å². The van der Waals surface area contributed by atoms with Crippen molar-refractivity contribution in [3.8, 4) is 0 Å². The number of hydrogen-bond acceptors (Lipinski definition) is 20. The number of halogens is 5. The molecule has 0 amide bonds. The fraction of sp³-hybridized carbons (Fsp3) is 0. The van der Waals surface area contributed by atoms with Gasteiger partial charge in [0.15, 0.2) is 0 Å². The van der Waals surface area contributed by atoms with Crippen LogP contribution >= 0.6 is 0 Å². The first-order valence-electron chi connectivity index (χ1n) is 3.09. The second kappa shape index (κ2) is 20.9. The molecule has 27 heavy (non-hydrogen) atoms. The molecular weight excluding hydrogens is 720 g/mol. The van der Waals surface area contributed by atoms with E-state index in [1.807, 2.05) is 0 Å². The molecule has 0 saturated carbocycles. The summed E-state index contributed by atoms with van der Waals surface area (Å²) < 4.78 is 170. The molecule has 0 spiro atoms. The molecule has 0 bridgehead atoms. The molecule has 27 heteroatoms. The Morgan fingerprint density at radius 3 is 0.222 bits per heavy atom. The monoisotopic (exact) mass is 718 g/mol.